The number of nitrogens with zero attached hydrogens (tertiary/aromatic N) is 3. The highest BCUT2D eigenvalue weighted by atomic mass is 79.9. The standard InChI is InChI=1S/C27H34BrN3O5/c1-6-11-29(5)24(33)19-20-25(34)31(13-14-32)23(27(20)15-18(28)22(19)36-27)26(35)30(12-7-2)21-16(3)9-8-10-17(21)4/h6-10,18-20,22-23,32H,1-2,11-15H2,3-5H3/t18?,19-,20+,22-,23?,27?/m1/s1. The van der Waals surface area contributed by atoms with E-state index in [1.165, 1.54) is 9.80 Å². The number of halogens is 1. The number of para-hydroxylation sites is 1. The maximum Gasteiger partial charge on any atom is 0.253 e. The summed E-state index contributed by atoms with van der Waals surface area (Å²) in [6.45, 7) is 11.7. The van der Waals surface area contributed by atoms with Crippen LogP contribution in [0, 0.1) is 25.7 Å². The van der Waals surface area contributed by atoms with Gasteiger partial charge in [0.25, 0.3) is 5.91 Å². The molecule has 0 radical (unpaired) electrons. The van der Waals surface area contributed by atoms with Gasteiger partial charge in [-0.2, -0.15) is 0 Å². The first-order chi connectivity index (χ1) is 17.1. The van der Waals surface area contributed by atoms with Crippen LogP contribution in [0.3, 0.4) is 0 Å². The third kappa shape index (κ3) is 3.92. The van der Waals surface area contributed by atoms with E-state index >= 15 is 0 Å². The van der Waals surface area contributed by atoms with Crippen LogP contribution in [0.1, 0.15) is 17.5 Å². The number of carbonyl (C=O) groups is 3. The molecular weight excluding hydrogens is 526 g/mol. The van der Waals surface area contributed by atoms with Crippen molar-refractivity contribution in [2.75, 3.05) is 38.2 Å². The van der Waals surface area contributed by atoms with Crippen LogP contribution in [0.4, 0.5) is 5.69 Å². The summed E-state index contributed by atoms with van der Waals surface area (Å²) in [6, 6.07) is 4.83. The Kier molecular flexibility index (Phi) is 7.46. The summed E-state index contributed by atoms with van der Waals surface area (Å²) in [5, 5.41) is 9.84. The smallest absolute Gasteiger partial charge is 0.253 e. The zero-order valence-corrected chi connectivity index (χ0v) is 22.6. The number of hydrogen-bond acceptors (Lipinski definition) is 5. The van der Waals surface area contributed by atoms with Crippen LogP contribution >= 0.6 is 15.9 Å². The van der Waals surface area contributed by atoms with Crippen LogP contribution in [0.5, 0.6) is 0 Å². The van der Waals surface area contributed by atoms with Crippen LogP contribution in [0.2, 0.25) is 0 Å². The fourth-order valence-corrected chi connectivity index (χ4v) is 7.32. The number of aryl methyl sites for hydroxylation is 2. The third-order valence-corrected chi connectivity index (χ3v) is 8.56. The van der Waals surface area contributed by atoms with Crippen LogP contribution in [0.25, 0.3) is 0 Å². The van der Waals surface area contributed by atoms with Gasteiger partial charge in [0.2, 0.25) is 11.8 Å². The van der Waals surface area contributed by atoms with Crippen molar-refractivity contribution < 1.29 is 24.2 Å². The number of anilines is 1. The van der Waals surface area contributed by atoms with Gasteiger partial charge in [-0.15, -0.1) is 13.2 Å². The van der Waals surface area contributed by atoms with Crippen molar-refractivity contribution in [2.24, 2.45) is 11.8 Å². The molecule has 0 saturated carbocycles. The minimum atomic E-state index is -1.17. The number of alkyl halides is 1. The minimum absolute atomic E-state index is 0.0213. The molecule has 2 bridgehead atoms. The second-order valence-corrected chi connectivity index (χ2v) is 11.1. The first-order valence-corrected chi connectivity index (χ1v) is 13.1. The summed E-state index contributed by atoms with van der Waals surface area (Å²) >= 11 is 3.68. The van der Waals surface area contributed by atoms with Crippen LogP contribution in [-0.2, 0) is 19.1 Å². The molecule has 36 heavy (non-hydrogen) atoms. The monoisotopic (exact) mass is 559 g/mol. The van der Waals surface area contributed by atoms with Gasteiger partial charge in [0.1, 0.15) is 11.6 Å². The SMILES string of the molecule is C=CCN(C)C(=O)[C@H]1[C@@H]2OC3(CC2Br)C(C(=O)N(CC=C)c2c(C)cccc2C)N(CCO)C(=O)[C@H]13. The second-order valence-electron chi connectivity index (χ2n) is 9.90. The number of β-amino-alcohol motifs (C(OH)–C–C–N with tert-alkyl or cyclic N) is 1. The zero-order chi connectivity index (χ0) is 26.4. The maximum absolute atomic E-state index is 14.4. The Morgan fingerprint density at radius 1 is 1.22 bits per heavy atom. The number of benzene rings is 1. The molecule has 3 fully saturated rings. The molecule has 0 aromatic heterocycles. The minimum Gasteiger partial charge on any atom is -0.395 e. The molecule has 1 spiro atoms. The van der Waals surface area contributed by atoms with Gasteiger partial charge in [-0.25, -0.2) is 0 Å². The van der Waals surface area contributed by atoms with Gasteiger partial charge in [-0.3, -0.25) is 14.4 Å². The Morgan fingerprint density at radius 2 is 1.86 bits per heavy atom. The van der Waals surface area contributed by atoms with Crippen molar-refractivity contribution in [3.05, 3.63) is 54.6 Å². The van der Waals surface area contributed by atoms with Crippen LogP contribution in [-0.4, -0.2) is 88.5 Å². The lowest BCUT2D eigenvalue weighted by atomic mass is 9.70. The second kappa shape index (κ2) is 10.1. The largest absolute Gasteiger partial charge is 0.395 e. The lowest BCUT2D eigenvalue weighted by Crippen LogP contribution is -2.57. The van der Waals surface area contributed by atoms with Crippen molar-refractivity contribution in [2.45, 2.75) is 42.8 Å². The van der Waals surface area contributed by atoms with E-state index in [-0.39, 0.29) is 42.2 Å². The predicted molar refractivity (Wildman–Crippen MR) is 141 cm³/mol. The van der Waals surface area contributed by atoms with Gasteiger partial charge in [-0.05, 0) is 31.4 Å². The van der Waals surface area contributed by atoms with E-state index in [4.69, 9.17) is 4.74 Å². The quantitative estimate of drug-likeness (QED) is 0.370. The fourth-order valence-electron chi connectivity index (χ4n) is 6.38. The molecule has 9 heteroatoms. The van der Waals surface area contributed by atoms with Gasteiger partial charge in [-0.1, -0.05) is 46.3 Å². The normalized spacial score (nSPS) is 30.3. The molecule has 0 aliphatic carbocycles. The van der Waals surface area contributed by atoms with Crippen LogP contribution in [0.15, 0.2) is 43.5 Å². The Morgan fingerprint density at radius 3 is 2.44 bits per heavy atom. The Labute approximate surface area is 220 Å². The summed E-state index contributed by atoms with van der Waals surface area (Å²) in [5.41, 5.74) is 1.44. The molecule has 3 aliphatic heterocycles. The number of fused-ring (bicyclic) bond motifs is 1. The highest BCUT2D eigenvalue weighted by Gasteiger charge is 2.76. The molecule has 194 valence electrons. The van der Waals surface area contributed by atoms with Crippen molar-refractivity contribution >= 4 is 39.3 Å². The number of hydrogen-bond donors (Lipinski definition) is 1. The lowest BCUT2D eigenvalue weighted by Gasteiger charge is -2.37. The third-order valence-electron chi connectivity index (χ3n) is 7.72. The number of ether oxygens (including phenoxy) is 1. The Balaban J connectivity index is 1.82. The number of aliphatic hydroxyl groups is 1. The molecule has 4 rings (SSSR count). The van der Waals surface area contributed by atoms with E-state index in [9.17, 15) is 19.5 Å². The Hall–Kier alpha value is -2.49. The summed E-state index contributed by atoms with van der Waals surface area (Å²) in [6.07, 6.45) is 3.17. The zero-order valence-electron chi connectivity index (χ0n) is 21.0. The van der Waals surface area contributed by atoms with Gasteiger partial charge in [0.05, 0.1) is 24.5 Å². The summed E-state index contributed by atoms with van der Waals surface area (Å²) in [5.74, 6) is -2.37. The maximum atomic E-state index is 14.4. The molecule has 8 nitrogen and oxygen atoms in total. The molecule has 1 aromatic rings. The van der Waals surface area contributed by atoms with Crippen molar-refractivity contribution in [3.8, 4) is 0 Å². The van der Waals surface area contributed by atoms with Gasteiger partial charge < -0.3 is 24.5 Å². The van der Waals surface area contributed by atoms with E-state index < -0.39 is 29.6 Å². The molecule has 3 saturated heterocycles. The topological polar surface area (TPSA) is 90.4 Å². The van der Waals surface area contributed by atoms with Crippen molar-refractivity contribution in [1.29, 1.82) is 0 Å². The van der Waals surface area contributed by atoms with Gasteiger partial charge in [0.15, 0.2) is 0 Å². The van der Waals surface area contributed by atoms with Crippen LogP contribution < -0.4 is 4.90 Å². The fraction of sp³-hybridized carbons (Fsp3) is 0.519. The molecule has 6 atom stereocenters. The highest BCUT2D eigenvalue weighted by Crippen LogP contribution is 2.60. The summed E-state index contributed by atoms with van der Waals surface area (Å²) < 4.78 is 6.53. The lowest BCUT2D eigenvalue weighted by molar-refractivity contribution is -0.144. The number of likely N-dealkylation sites (N-methyl/N-ethyl adjacent to an activating group) is 1. The number of aliphatic hydroxyl groups excluding tert-OH is 1. The first-order valence-electron chi connectivity index (χ1n) is 12.2. The van der Waals surface area contributed by atoms with E-state index in [0.29, 0.717) is 13.0 Å². The molecule has 3 heterocycles. The molecule has 3 amide bonds. The van der Waals surface area contributed by atoms with E-state index in [1.54, 1.807) is 24.1 Å². The summed E-state index contributed by atoms with van der Waals surface area (Å²) in [7, 11) is 1.67. The number of amides is 3. The van der Waals surface area contributed by atoms with Crippen molar-refractivity contribution in [1.82, 2.24) is 9.80 Å². The average Bonchev–Trinajstić information content (AvgIpc) is 3.41. The summed E-state index contributed by atoms with van der Waals surface area (Å²) in [4.78, 5) is 46.2. The number of carbonyl (C=O) groups excluding carboxylic acids is 3. The molecule has 1 N–H and O–H groups in total. The van der Waals surface area contributed by atoms with Gasteiger partial charge in [0, 0.05) is 37.2 Å². The molecular formula is C27H34BrN3O5. The van der Waals surface area contributed by atoms with Gasteiger partial charge >= 0.3 is 0 Å². The predicted octanol–water partition coefficient (Wildman–Crippen LogP) is 2.21. The van der Waals surface area contributed by atoms with E-state index in [1.807, 2.05) is 32.0 Å². The average molecular weight is 560 g/mol. The van der Waals surface area contributed by atoms with Crippen molar-refractivity contribution in [3.63, 3.8) is 0 Å². The van der Waals surface area contributed by atoms with E-state index in [0.717, 1.165) is 16.8 Å². The molecule has 3 unspecified atom stereocenters. The van der Waals surface area contributed by atoms with E-state index in [2.05, 4.69) is 29.1 Å². The number of likely N-dealkylation sites (tertiary alicyclic amines) is 1. The number of rotatable bonds is 9. The Bertz CT molecular complexity index is 1070. The molecule has 1 aromatic carbocycles. The highest BCUT2D eigenvalue weighted by molar-refractivity contribution is 9.09. The first kappa shape index (κ1) is 26.6. The molecule has 3 aliphatic rings.